The smallest absolute Gasteiger partial charge is 0.225 e. The van der Waals surface area contributed by atoms with E-state index in [1.54, 1.807) is 7.05 Å². The summed E-state index contributed by atoms with van der Waals surface area (Å²) in [6.07, 6.45) is 0.207. The van der Waals surface area contributed by atoms with E-state index >= 15 is 0 Å². The quantitative estimate of drug-likeness (QED) is 0.552. The van der Waals surface area contributed by atoms with E-state index in [9.17, 15) is 14.4 Å². The van der Waals surface area contributed by atoms with Crippen LogP contribution in [0.3, 0.4) is 0 Å². The van der Waals surface area contributed by atoms with E-state index < -0.39 is 6.04 Å². The molecule has 0 heterocycles. The molecule has 0 aromatic heterocycles. The van der Waals surface area contributed by atoms with E-state index in [4.69, 9.17) is 0 Å². The molecular weight excluding hydrogens is 318 g/mol. The molecule has 0 bridgehead atoms. The number of likely N-dealkylation sites (N-methyl/N-ethyl adjacent to an activating group) is 1. The van der Waals surface area contributed by atoms with Crippen molar-refractivity contribution in [2.45, 2.75) is 39.8 Å². The highest BCUT2D eigenvalue weighted by molar-refractivity contribution is 5.88. The first-order chi connectivity index (χ1) is 11.8. The molecule has 25 heavy (non-hydrogen) atoms. The second kappa shape index (κ2) is 10.7. The highest BCUT2D eigenvalue weighted by Crippen LogP contribution is 2.10. The molecule has 0 unspecified atom stereocenters. The molecule has 6 heteroatoms. The maximum Gasteiger partial charge on any atom is 0.225 e. The van der Waals surface area contributed by atoms with Crippen LogP contribution in [-0.4, -0.2) is 43.7 Å². The van der Waals surface area contributed by atoms with Crippen LogP contribution in [0, 0.1) is 5.92 Å². The van der Waals surface area contributed by atoms with Gasteiger partial charge in [-0.3, -0.25) is 14.4 Å². The van der Waals surface area contributed by atoms with E-state index in [2.05, 4.69) is 16.0 Å². The van der Waals surface area contributed by atoms with Gasteiger partial charge < -0.3 is 16.0 Å². The first-order valence-electron chi connectivity index (χ1n) is 8.58. The highest BCUT2D eigenvalue weighted by Gasteiger charge is 2.20. The van der Waals surface area contributed by atoms with Crippen LogP contribution in [-0.2, 0) is 27.3 Å². The van der Waals surface area contributed by atoms with Gasteiger partial charge in [0.25, 0.3) is 0 Å². The lowest BCUT2D eigenvalue weighted by Crippen LogP contribution is -2.44. The summed E-state index contributed by atoms with van der Waals surface area (Å²) < 4.78 is 0. The Morgan fingerprint density at radius 1 is 1.04 bits per heavy atom. The molecule has 0 radical (unpaired) electrons. The number of ketones is 2. The van der Waals surface area contributed by atoms with Crippen molar-refractivity contribution in [3.05, 3.63) is 35.4 Å². The average molecular weight is 347 g/mol. The Hall–Kier alpha value is -2.05. The summed E-state index contributed by atoms with van der Waals surface area (Å²) in [5, 5.41) is 8.73. The van der Waals surface area contributed by atoms with E-state index in [0.717, 1.165) is 11.1 Å². The Balaban J connectivity index is 2.65. The predicted molar refractivity (Wildman–Crippen MR) is 98.2 cm³/mol. The molecule has 0 aliphatic heterocycles. The monoisotopic (exact) mass is 347 g/mol. The third-order valence-corrected chi connectivity index (χ3v) is 3.90. The number of benzene rings is 1. The van der Waals surface area contributed by atoms with Crippen LogP contribution in [0.2, 0.25) is 0 Å². The molecular formula is C19H29N3O3. The fourth-order valence-electron chi connectivity index (χ4n) is 2.63. The molecule has 0 saturated heterocycles. The zero-order valence-corrected chi connectivity index (χ0v) is 15.5. The van der Waals surface area contributed by atoms with Gasteiger partial charge in [-0.05, 0) is 31.0 Å². The lowest BCUT2D eigenvalue weighted by atomic mass is 9.99. The second-order valence-electron chi connectivity index (χ2n) is 6.52. The zero-order valence-electron chi connectivity index (χ0n) is 15.5. The van der Waals surface area contributed by atoms with Gasteiger partial charge in [0.15, 0.2) is 11.6 Å². The van der Waals surface area contributed by atoms with Crippen molar-refractivity contribution in [3.63, 3.8) is 0 Å². The molecule has 3 N–H and O–H groups in total. The summed E-state index contributed by atoms with van der Waals surface area (Å²) in [5.41, 5.74) is 1.86. The molecule has 1 aromatic rings. The average Bonchev–Trinajstić information content (AvgIpc) is 2.54. The Kier molecular flexibility index (Phi) is 9.02. The zero-order chi connectivity index (χ0) is 18.8. The molecule has 138 valence electrons. The van der Waals surface area contributed by atoms with Crippen molar-refractivity contribution in [3.8, 4) is 0 Å². The second-order valence-corrected chi connectivity index (χ2v) is 6.52. The van der Waals surface area contributed by atoms with E-state index in [1.165, 1.54) is 6.92 Å². The van der Waals surface area contributed by atoms with Crippen LogP contribution in [0.5, 0.6) is 0 Å². The van der Waals surface area contributed by atoms with Gasteiger partial charge in [0.2, 0.25) is 5.91 Å². The minimum atomic E-state index is -0.461. The largest absolute Gasteiger partial charge is 0.346 e. The van der Waals surface area contributed by atoms with Crippen LogP contribution < -0.4 is 16.0 Å². The molecule has 0 aliphatic carbocycles. The fraction of sp³-hybridized carbons (Fsp3) is 0.526. The minimum absolute atomic E-state index is 0.0404. The van der Waals surface area contributed by atoms with Crippen LogP contribution >= 0.6 is 0 Å². The summed E-state index contributed by atoms with van der Waals surface area (Å²) in [6, 6.07) is 7.15. The summed E-state index contributed by atoms with van der Waals surface area (Å²) in [7, 11) is 1.73. The molecule has 1 aromatic carbocycles. The number of nitrogens with one attached hydrogen (secondary N) is 3. The molecule has 1 rings (SSSR count). The van der Waals surface area contributed by atoms with Crippen LogP contribution in [0.1, 0.15) is 31.9 Å². The number of hydrogen-bond acceptors (Lipinski definition) is 5. The van der Waals surface area contributed by atoms with E-state index in [1.807, 2.05) is 38.1 Å². The third-order valence-electron chi connectivity index (χ3n) is 3.90. The van der Waals surface area contributed by atoms with Gasteiger partial charge in [0, 0.05) is 6.54 Å². The van der Waals surface area contributed by atoms with Crippen molar-refractivity contribution < 1.29 is 14.4 Å². The van der Waals surface area contributed by atoms with Crippen molar-refractivity contribution in [1.29, 1.82) is 0 Å². The summed E-state index contributed by atoms with van der Waals surface area (Å²) in [4.78, 5) is 35.5. The lowest BCUT2D eigenvalue weighted by molar-refractivity contribution is -0.127. The normalized spacial score (nSPS) is 12.0. The van der Waals surface area contributed by atoms with Crippen LogP contribution in [0.15, 0.2) is 24.3 Å². The number of Topliss-reactive ketones (excluding diaryl/α,β-unsaturated/α-hetero) is 2. The highest BCUT2D eigenvalue weighted by atomic mass is 16.2. The molecule has 0 saturated carbocycles. The number of hydrogen-bond donors (Lipinski definition) is 3. The maximum absolute atomic E-state index is 12.3. The molecule has 0 fully saturated rings. The molecule has 0 aliphatic rings. The fourth-order valence-corrected chi connectivity index (χ4v) is 2.63. The Morgan fingerprint density at radius 2 is 1.68 bits per heavy atom. The van der Waals surface area contributed by atoms with Gasteiger partial charge in [-0.25, -0.2) is 0 Å². The third kappa shape index (κ3) is 7.58. The Morgan fingerprint density at radius 3 is 2.24 bits per heavy atom. The van der Waals surface area contributed by atoms with Gasteiger partial charge in [-0.1, -0.05) is 38.1 Å². The number of carbonyl (C=O) groups excluding carboxylic acids is 3. The van der Waals surface area contributed by atoms with Gasteiger partial charge in [-0.15, -0.1) is 0 Å². The number of carbonyl (C=O) groups is 3. The van der Waals surface area contributed by atoms with Gasteiger partial charge in [0.1, 0.15) is 0 Å². The molecule has 0 spiro atoms. The molecule has 6 nitrogen and oxygen atoms in total. The van der Waals surface area contributed by atoms with E-state index in [0.29, 0.717) is 13.1 Å². The summed E-state index contributed by atoms with van der Waals surface area (Å²) in [6.45, 7) is 6.43. The Labute approximate surface area is 149 Å². The SMILES string of the molecule is CNCC(=O)CNCc1ccccc1CC(=O)N[C@H](C(C)=O)C(C)C. The van der Waals surface area contributed by atoms with E-state index in [-0.39, 0.29) is 36.4 Å². The minimum Gasteiger partial charge on any atom is -0.346 e. The van der Waals surface area contributed by atoms with Crippen molar-refractivity contribution in [2.24, 2.45) is 5.92 Å². The molecule has 1 atom stereocenters. The van der Waals surface area contributed by atoms with Crippen molar-refractivity contribution >= 4 is 17.5 Å². The summed E-state index contributed by atoms with van der Waals surface area (Å²) >= 11 is 0. The number of rotatable bonds is 11. The first-order valence-corrected chi connectivity index (χ1v) is 8.58. The van der Waals surface area contributed by atoms with Gasteiger partial charge in [-0.2, -0.15) is 0 Å². The lowest BCUT2D eigenvalue weighted by Gasteiger charge is -2.20. The summed E-state index contributed by atoms with van der Waals surface area (Å²) in [5.74, 6) is -0.0792. The van der Waals surface area contributed by atoms with Gasteiger partial charge in [0.05, 0.1) is 25.6 Å². The Bertz CT molecular complexity index is 599. The topological polar surface area (TPSA) is 87.3 Å². The molecule has 1 amide bonds. The van der Waals surface area contributed by atoms with Crippen molar-refractivity contribution in [1.82, 2.24) is 16.0 Å². The first kappa shape index (κ1) is 21.0. The standard InChI is InChI=1S/C19H29N3O3/c1-13(2)19(14(3)23)22-18(25)9-15-7-5-6-8-16(15)10-21-12-17(24)11-20-4/h5-8,13,19-21H,9-12H2,1-4H3,(H,22,25)/t19-/m0/s1. The number of amides is 1. The van der Waals surface area contributed by atoms with Crippen molar-refractivity contribution in [2.75, 3.05) is 20.1 Å². The predicted octanol–water partition coefficient (Wildman–Crippen LogP) is 0.837. The van der Waals surface area contributed by atoms with Crippen LogP contribution in [0.4, 0.5) is 0 Å². The van der Waals surface area contributed by atoms with Crippen LogP contribution in [0.25, 0.3) is 0 Å². The maximum atomic E-state index is 12.3. The van der Waals surface area contributed by atoms with Gasteiger partial charge >= 0.3 is 0 Å².